The predicted molar refractivity (Wildman–Crippen MR) is 110 cm³/mol. The smallest absolute Gasteiger partial charge is 0.255 e. The number of para-hydroxylation sites is 1. The number of anilines is 1. The second-order valence-corrected chi connectivity index (χ2v) is 6.67. The molecule has 0 radical (unpaired) electrons. The Labute approximate surface area is 168 Å². The van der Waals surface area contributed by atoms with Crippen LogP contribution in [0.15, 0.2) is 71.6 Å². The van der Waals surface area contributed by atoms with E-state index in [1.54, 1.807) is 24.3 Å². The molecule has 1 N–H and O–H groups in total. The largest absolute Gasteiger partial charge is 0.493 e. The van der Waals surface area contributed by atoms with Crippen molar-refractivity contribution >= 4 is 35.8 Å². The van der Waals surface area contributed by atoms with Crippen LogP contribution in [0.2, 0.25) is 5.02 Å². The van der Waals surface area contributed by atoms with E-state index in [9.17, 15) is 4.79 Å². The first-order valence-corrected chi connectivity index (χ1v) is 9.04. The summed E-state index contributed by atoms with van der Waals surface area (Å²) in [6.45, 7) is 0.367. The van der Waals surface area contributed by atoms with Crippen molar-refractivity contribution in [2.45, 2.75) is 11.5 Å². The highest BCUT2D eigenvalue weighted by molar-refractivity contribution is 7.80. The lowest BCUT2D eigenvalue weighted by Gasteiger charge is -2.13. The third kappa shape index (κ3) is 4.96. The molecule has 0 aliphatic rings. The SMILES string of the molecule is COc1cc(C(=O)Nc2ccccc2S)ccc1OCc1ccc(Cl)cc1. The lowest BCUT2D eigenvalue weighted by Crippen LogP contribution is -2.12. The average molecular weight is 400 g/mol. The standard InChI is InChI=1S/C21H18ClNO3S/c1-25-19-12-15(21(24)23-17-4-2-3-5-20(17)27)8-11-18(19)26-13-14-6-9-16(22)10-7-14/h2-12,27H,13H2,1H3,(H,23,24). The van der Waals surface area contributed by atoms with Gasteiger partial charge in [0.15, 0.2) is 11.5 Å². The van der Waals surface area contributed by atoms with Gasteiger partial charge in [0.05, 0.1) is 12.8 Å². The molecule has 0 saturated heterocycles. The van der Waals surface area contributed by atoms with E-state index in [0.29, 0.717) is 39.3 Å². The summed E-state index contributed by atoms with van der Waals surface area (Å²) in [6.07, 6.45) is 0. The van der Waals surface area contributed by atoms with E-state index < -0.39 is 0 Å². The highest BCUT2D eigenvalue weighted by Crippen LogP contribution is 2.29. The molecule has 0 aliphatic heterocycles. The maximum absolute atomic E-state index is 12.5. The molecular formula is C21H18ClNO3S. The molecule has 6 heteroatoms. The summed E-state index contributed by atoms with van der Waals surface area (Å²) in [5.41, 5.74) is 2.09. The maximum Gasteiger partial charge on any atom is 0.255 e. The molecule has 0 aromatic heterocycles. The molecule has 0 bridgehead atoms. The molecule has 0 spiro atoms. The Kier molecular flexibility index (Phi) is 6.27. The van der Waals surface area contributed by atoms with Crippen molar-refractivity contribution < 1.29 is 14.3 Å². The van der Waals surface area contributed by atoms with E-state index in [1.165, 1.54) is 7.11 Å². The number of halogens is 1. The fourth-order valence-corrected chi connectivity index (χ4v) is 2.79. The Balaban J connectivity index is 1.72. The van der Waals surface area contributed by atoms with Gasteiger partial charge in [-0.3, -0.25) is 4.79 Å². The number of rotatable bonds is 6. The lowest BCUT2D eigenvalue weighted by atomic mass is 10.1. The highest BCUT2D eigenvalue weighted by atomic mass is 35.5. The number of hydrogen-bond donors (Lipinski definition) is 2. The lowest BCUT2D eigenvalue weighted by molar-refractivity contribution is 0.102. The number of carbonyl (C=O) groups is 1. The van der Waals surface area contributed by atoms with Crippen LogP contribution in [0.3, 0.4) is 0 Å². The molecule has 27 heavy (non-hydrogen) atoms. The summed E-state index contributed by atoms with van der Waals surface area (Å²) in [5, 5.41) is 3.51. The molecule has 1 amide bonds. The number of amides is 1. The van der Waals surface area contributed by atoms with E-state index in [1.807, 2.05) is 42.5 Å². The maximum atomic E-state index is 12.5. The van der Waals surface area contributed by atoms with Crippen LogP contribution in [-0.2, 0) is 6.61 Å². The van der Waals surface area contributed by atoms with Gasteiger partial charge >= 0.3 is 0 Å². The van der Waals surface area contributed by atoms with Gasteiger partial charge in [0.1, 0.15) is 6.61 Å². The number of hydrogen-bond acceptors (Lipinski definition) is 4. The number of nitrogens with one attached hydrogen (secondary N) is 1. The quantitative estimate of drug-likeness (QED) is 0.540. The summed E-state index contributed by atoms with van der Waals surface area (Å²) in [7, 11) is 1.54. The molecule has 0 fully saturated rings. The second-order valence-electron chi connectivity index (χ2n) is 5.75. The number of benzene rings is 3. The van der Waals surface area contributed by atoms with Crippen LogP contribution < -0.4 is 14.8 Å². The van der Waals surface area contributed by atoms with E-state index in [4.69, 9.17) is 21.1 Å². The zero-order valence-electron chi connectivity index (χ0n) is 14.6. The molecule has 0 heterocycles. The van der Waals surface area contributed by atoms with Crippen molar-refractivity contribution in [3.8, 4) is 11.5 Å². The Hall–Kier alpha value is -2.63. The van der Waals surface area contributed by atoms with E-state index in [0.717, 1.165) is 5.56 Å². The first-order chi connectivity index (χ1) is 13.1. The summed E-state index contributed by atoms with van der Waals surface area (Å²) < 4.78 is 11.2. The summed E-state index contributed by atoms with van der Waals surface area (Å²) in [5.74, 6) is 0.786. The number of thiol groups is 1. The average Bonchev–Trinajstić information content (AvgIpc) is 2.69. The second kappa shape index (κ2) is 8.84. The minimum absolute atomic E-state index is 0.251. The van der Waals surface area contributed by atoms with E-state index in [2.05, 4.69) is 17.9 Å². The number of carbonyl (C=O) groups excluding carboxylic acids is 1. The van der Waals surface area contributed by atoms with E-state index in [-0.39, 0.29) is 5.91 Å². The van der Waals surface area contributed by atoms with Crippen molar-refractivity contribution in [1.29, 1.82) is 0 Å². The third-order valence-corrected chi connectivity index (χ3v) is 4.53. The van der Waals surface area contributed by atoms with Gasteiger partial charge in [-0.05, 0) is 48.0 Å². The molecule has 0 aliphatic carbocycles. The van der Waals surface area contributed by atoms with Crippen LogP contribution >= 0.6 is 24.2 Å². The molecule has 3 aromatic carbocycles. The Morgan fingerprint density at radius 3 is 2.48 bits per heavy atom. The van der Waals surface area contributed by atoms with Crippen molar-refractivity contribution in [2.75, 3.05) is 12.4 Å². The van der Waals surface area contributed by atoms with Crippen LogP contribution in [0.1, 0.15) is 15.9 Å². The topological polar surface area (TPSA) is 47.6 Å². The molecule has 0 unspecified atom stereocenters. The fraction of sp³-hybridized carbons (Fsp3) is 0.0952. The van der Waals surface area contributed by atoms with Gasteiger partial charge in [-0.1, -0.05) is 35.9 Å². The Morgan fingerprint density at radius 1 is 1.04 bits per heavy atom. The molecule has 3 rings (SSSR count). The first-order valence-electron chi connectivity index (χ1n) is 8.21. The van der Waals surface area contributed by atoms with Crippen molar-refractivity contribution in [3.05, 3.63) is 82.9 Å². The summed E-state index contributed by atoms with van der Waals surface area (Å²) in [6, 6.07) is 19.8. The van der Waals surface area contributed by atoms with E-state index >= 15 is 0 Å². The molecular weight excluding hydrogens is 382 g/mol. The van der Waals surface area contributed by atoms with Gasteiger partial charge in [0.25, 0.3) is 5.91 Å². The highest BCUT2D eigenvalue weighted by Gasteiger charge is 2.12. The van der Waals surface area contributed by atoms with Crippen molar-refractivity contribution in [2.24, 2.45) is 0 Å². The zero-order chi connectivity index (χ0) is 19.2. The van der Waals surface area contributed by atoms with Gasteiger partial charge in [0, 0.05) is 15.5 Å². The van der Waals surface area contributed by atoms with Gasteiger partial charge in [0.2, 0.25) is 0 Å². The normalized spacial score (nSPS) is 10.3. The summed E-state index contributed by atoms with van der Waals surface area (Å²) >= 11 is 10.2. The minimum Gasteiger partial charge on any atom is -0.493 e. The van der Waals surface area contributed by atoms with Crippen LogP contribution in [0.25, 0.3) is 0 Å². The van der Waals surface area contributed by atoms with Gasteiger partial charge in [-0.2, -0.15) is 0 Å². The van der Waals surface area contributed by atoms with Crippen LogP contribution in [-0.4, -0.2) is 13.0 Å². The van der Waals surface area contributed by atoms with Gasteiger partial charge in [-0.15, -0.1) is 12.6 Å². The van der Waals surface area contributed by atoms with Crippen LogP contribution in [0.4, 0.5) is 5.69 Å². The fourth-order valence-electron chi connectivity index (χ4n) is 2.44. The minimum atomic E-state index is -0.251. The Morgan fingerprint density at radius 2 is 1.78 bits per heavy atom. The molecule has 0 saturated carbocycles. The van der Waals surface area contributed by atoms with Crippen molar-refractivity contribution in [1.82, 2.24) is 0 Å². The van der Waals surface area contributed by atoms with Gasteiger partial charge < -0.3 is 14.8 Å². The van der Waals surface area contributed by atoms with Crippen LogP contribution in [0, 0.1) is 0 Å². The number of ether oxygens (including phenoxy) is 2. The van der Waals surface area contributed by atoms with Crippen LogP contribution in [0.5, 0.6) is 11.5 Å². The van der Waals surface area contributed by atoms with Crippen molar-refractivity contribution in [3.63, 3.8) is 0 Å². The Bertz CT molecular complexity index is 944. The molecule has 0 atom stereocenters. The predicted octanol–water partition coefficient (Wildman–Crippen LogP) is 5.47. The molecule has 3 aromatic rings. The first kappa shape index (κ1) is 19.1. The number of methoxy groups -OCH3 is 1. The third-order valence-electron chi connectivity index (χ3n) is 3.89. The zero-order valence-corrected chi connectivity index (χ0v) is 16.3. The monoisotopic (exact) mass is 399 g/mol. The van der Waals surface area contributed by atoms with Gasteiger partial charge in [-0.25, -0.2) is 0 Å². The molecule has 138 valence electrons. The molecule has 4 nitrogen and oxygen atoms in total. The summed E-state index contributed by atoms with van der Waals surface area (Å²) in [4.78, 5) is 13.2.